The molecule has 0 aliphatic rings. The molecule has 0 saturated carbocycles. The molecular formula is C25H20Cl2N5O4PS. The summed E-state index contributed by atoms with van der Waals surface area (Å²) >= 11 is 13.4. The third-order valence-corrected chi connectivity index (χ3v) is 9.62. The number of thiophene rings is 1. The molecule has 0 amide bonds. The van der Waals surface area contributed by atoms with E-state index in [0.29, 0.717) is 27.1 Å². The van der Waals surface area contributed by atoms with Crippen molar-refractivity contribution >= 4 is 70.5 Å². The molecule has 5 aromatic rings. The van der Waals surface area contributed by atoms with E-state index in [1.807, 2.05) is 30.3 Å². The standard InChI is InChI=1S/C25H20Cl2N5O4PS/c1-2-36-37(35,20-8-7-16(26)11-17(20)27)31-19-12-21(38-24(19)25(33)34)15-5-3-14(4-6-15)18-13-23-29-10-9-22(28)32(23)30-18/h3-13H,2,28H2,1H3,(H,31,35)(H,33,34). The van der Waals surface area contributed by atoms with Gasteiger partial charge < -0.3 is 20.5 Å². The van der Waals surface area contributed by atoms with Crippen LogP contribution in [0.4, 0.5) is 11.5 Å². The van der Waals surface area contributed by atoms with E-state index in [1.54, 1.807) is 35.8 Å². The molecule has 38 heavy (non-hydrogen) atoms. The number of aromatic carboxylic acids is 1. The van der Waals surface area contributed by atoms with Crippen LogP contribution >= 0.6 is 42.1 Å². The number of benzene rings is 2. The summed E-state index contributed by atoms with van der Waals surface area (Å²) in [4.78, 5) is 17.0. The zero-order valence-corrected chi connectivity index (χ0v) is 23.0. The first-order valence-electron chi connectivity index (χ1n) is 11.2. The second-order valence-corrected chi connectivity index (χ2v) is 12.0. The first kappa shape index (κ1) is 26.2. The number of anilines is 2. The summed E-state index contributed by atoms with van der Waals surface area (Å²) in [5.41, 5.74) is 9.06. The Morgan fingerprint density at radius 3 is 2.53 bits per heavy atom. The number of carboxylic acids is 1. The summed E-state index contributed by atoms with van der Waals surface area (Å²) in [7, 11) is -3.79. The number of nitrogens with one attached hydrogen (secondary N) is 1. The Hall–Kier alpha value is -3.40. The minimum absolute atomic E-state index is 0.0176. The molecule has 0 saturated heterocycles. The third-order valence-electron chi connectivity index (χ3n) is 5.58. The van der Waals surface area contributed by atoms with Gasteiger partial charge in [-0.2, -0.15) is 9.61 Å². The van der Waals surface area contributed by atoms with Crippen LogP contribution in [-0.2, 0) is 9.09 Å². The fourth-order valence-electron chi connectivity index (χ4n) is 3.86. The van der Waals surface area contributed by atoms with Crippen LogP contribution in [0.3, 0.4) is 0 Å². The number of carboxylic acid groups (broad SMARTS) is 1. The van der Waals surface area contributed by atoms with Gasteiger partial charge in [-0.15, -0.1) is 11.3 Å². The number of nitrogens with two attached hydrogens (primary N) is 1. The molecule has 4 N–H and O–H groups in total. The Morgan fingerprint density at radius 2 is 1.87 bits per heavy atom. The molecule has 2 aromatic carbocycles. The predicted molar refractivity (Wildman–Crippen MR) is 152 cm³/mol. The summed E-state index contributed by atoms with van der Waals surface area (Å²) in [6, 6.07) is 17.1. The van der Waals surface area contributed by atoms with Gasteiger partial charge in [0.15, 0.2) is 5.65 Å². The van der Waals surface area contributed by atoms with E-state index in [-0.39, 0.29) is 27.5 Å². The van der Waals surface area contributed by atoms with E-state index in [4.69, 9.17) is 33.5 Å². The van der Waals surface area contributed by atoms with Crippen molar-refractivity contribution in [1.29, 1.82) is 0 Å². The van der Waals surface area contributed by atoms with E-state index in [1.165, 1.54) is 12.1 Å². The van der Waals surface area contributed by atoms with Crippen LogP contribution < -0.4 is 16.1 Å². The lowest BCUT2D eigenvalue weighted by Gasteiger charge is -2.21. The van der Waals surface area contributed by atoms with Gasteiger partial charge in [-0.25, -0.2) is 9.78 Å². The molecule has 0 spiro atoms. The molecule has 0 bridgehead atoms. The largest absolute Gasteiger partial charge is 0.477 e. The summed E-state index contributed by atoms with van der Waals surface area (Å²) in [6.07, 6.45) is 1.62. The summed E-state index contributed by atoms with van der Waals surface area (Å²) in [6.45, 7) is 1.79. The maximum atomic E-state index is 13.9. The quantitative estimate of drug-likeness (QED) is 0.171. The molecule has 5 rings (SSSR count). The minimum atomic E-state index is -3.79. The number of aromatic nitrogens is 3. The van der Waals surface area contributed by atoms with E-state index >= 15 is 0 Å². The maximum absolute atomic E-state index is 13.9. The Kier molecular flexibility index (Phi) is 7.17. The van der Waals surface area contributed by atoms with Crippen molar-refractivity contribution in [2.24, 2.45) is 0 Å². The number of nitrogens with zero attached hydrogens (tertiary/aromatic N) is 3. The smallest absolute Gasteiger partial charge is 0.348 e. The summed E-state index contributed by atoms with van der Waals surface area (Å²) in [5.74, 6) is -0.692. The van der Waals surface area contributed by atoms with Gasteiger partial charge in [0, 0.05) is 27.7 Å². The summed E-state index contributed by atoms with van der Waals surface area (Å²) in [5, 5.41) is 17.9. The Morgan fingerprint density at radius 1 is 1.13 bits per heavy atom. The number of hydrogen-bond acceptors (Lipinski definition) is 7. The Balaban J connectivity index is 1.49. The molecule has 13 heteroatoms. The predicted octanol–water partition coefficient (Wildman–Crippen LogP) is 6.68. The number of fused-ring (bicyclic) bond motifs is 1. The van der Waals surface area contributed by atoms with Gasteiger partial charge in [0.2, 0.25) is 0 Å². The van der Waals surface area contributed by atoms with Crippen molar-refractivity contribution in [3.05, 3.63) is 81.8 Å². The molecule has 194 valence electrons. The van der Waals surface area contributed by atoms with Gasteiger partial charge in [-0.1, -0.05) is 47.5 Å². The SMILES string of the molecule is CCOP(=O)(Nc1cc(-c2ccc(-c3cc4nccc(N)n4n3)cc2)sc1C(=O)O)c1ccc(Cl)cc1Cl. The van der Waals surface area contributed by atoms with Crippen LogP contribution in [0.25, 0.3) is 27.3 Å². The van der Waals surface area contributed by atoms with Crippen LogP contribution in [0, 0.1) is 0 Å². The van der Waals surface area contributed by atoms with Gasteiger partial charge >= 0.3 is 13.5 Å². The highest BCUT2D eigenvalue weighted by Crippen LogP contribution is 2.50. The Bertz CT molecular complexity index is 1720. The second-order valence-electron chi connectivity index (χ2n) is 8.08. The van der Waals surface area contributed by atoms with Crippen LogP contribution in [-0.4, -0.2) is 32.3 Å². The van der Waals surface area contributed by atoms with E-state index in [9.17, 15) is 14.5 Å². The lowest BCUT2D eigenvalue weighted by atomic mass is 10.1. The molecular weight excluding hydrogens is 568 g/mol. The molecule has 0 aliphatic heterocycles. The van der Waals surface area contributed by atoms with Crippen molar-refractivity contribution in [2.75, 3.05) is 17.4 Å². The Labute approximate surface area is 231 Å². The van der Waals surface area contributed by atoms with Crippen molar-refractivity contribution in [1.82, 2.24) is 14.6 Å². The second kappa shape index (κ2) is 10.4. The molecule has 0 aliphatic carbocycles. The molecule has 1 unspecified atom stereocenters. The van der Waals surface area contributed by atoms with E-state index < -0.39 is 13.5 Å². The van der Waals surface area contributed by atoms with Gasteiger partial charge in [0.25, 0.3) is 0 Å². The first-order chi connectivity index (χ1) is 18.2. The number of rotatable bonds is 8. The molecule has 3 heterocycles. The molecule has 0 fully saturated rings. The zero-order chi connectivity index (χ0) is 27.0. The fourth-order valence-corrected chi connectivity index (χ4v) is 7.43. The maximum Gasteiger partial charge on any atom is 0.348 e. The van der Waals surface area contributed by atoms with Gasteiger partial charge in [-0.05, 0) is 42.8 Å². The fraction of sp³-hybridized carbons (Fsp3) is 0.0800. The molecule has 3 aromatic heterocycles. The molecule has 1 atom stereocenters. The number of carbonyl (C=O) groups is 1. The average Bonchev–Trinajstić information content (AvgIpc) is 3.50. The third kappa shape index (κ3) is 5.01. The normalized spacial score (nSPS) is 12.9. The lowest BCUT2D eigenvalue weighted by Crippen LogP contribution is -2.16. The molecule has 9 nitrogen and oxygen atoms in total. The van der Waals surface area contributed by atoms with Crippen molar-refractivity contribution in [3.63, 3.8) is 0 Å². The van der Waals surface area contributed by atoms with Crippen molar-refractivity contribution < 1.29 is 19.0 Å². The number of halogens is 2. The van der Waals surface area contributed by atoms with Crippen LogP contribution in [0.2, 0.25) is 10.0 Å². The highest BCUT2D eigenvalue weighted by Gasteiger charge is 2.31. The van der Waals surface area contributed by atoms with Gasteiger partial charge in [0.1, 0.15) is 10.7 Å². The van der Waals surface area contributed by atoms with Crippen molar-refractivity contribution in [3.8, 4) is 21.7 Å². The average molecular weight is 588 g/mol. The van der Waals surface area contributed by atoms with E-state index in [2.05, 4.69) is 15.2 Å². The van der Waals surface area contributed by atoms with E-state index in [0.717, 1.165) is 22.5 Å². The highest BCUT2D eigenvalue weighted by molar-refractivity contribution is 7.68. The number of nitrogen functional groups attached to an aromatic ring is 1. The zero-order valence-electron chi connectivity index (χ0n) is 19.8. The lowest BCUT2D eigenvalue weighted by molar-refractivity contribution is 0.0703. The van der Waals surface area contributed by atoms with Gasteiger partial charge in [0.05, 0.1) is 28.3 Å². The minimum Gasteiger partial charge on any atom is -0.477 e. The van der Waals surface area contributed by atoms with Crippen LogP contribution in [0.5, 0.6) is 0 Å². The van der Waals surface area contributed by atoms with Crippen LogP contribution in [0.1, 0.15) is 16.6 Å². The highest BCUT2D eigenvalue weighted by atomic mass is 35.5. The number of hydrogen-bond donors (Lipinski definition) is 3. The monoisotopic (exact) mass is 587 g/mol. The topological polar surface area (TPSA) is 132 Å². The van der Waals surface area contributed by atoms with Crippen LogP contribution in [0.15, 0.2) is 66.9 Å². The first-order valence-corrected chi connectivity index (χ1v) is 14.4. The molecule has 0 radical (unpaired) electrons. The summed E-state index contributed by atoms with van der Waals surface area (Å²) < 4.78 is 21.0. The van der Waals surface area contributed by atoms with Crippen molar-refractivity contribution in [2.45, 2.75) is 6.92 Å². The van der Waals surface area contributed by atoms with Gasteiger partial charge in [-0.3, -0.25) is 4.57 Å².